The van der Waals surface area contributed by atoms with Crippen LogP contribution in [0.3, 0.4) is 0 Å². The van der Waals surface area contributed by atoms with E-state index in [2.05, 4.69) is 0 Å². The van der Waals surface area contributed by atoms with E-state index in [4.69, 9.17) is 16.3 Å². The minimum Gasteiger partial charge on any atom is -0.469 e. The Hall–Kier alpha value is -1.07. The fourth-order valence-corrected chi connectivity index (χ4v) is 3.55. The van der Waals surface area contributed by atoms with Crippen molar-refractivity contribution in [2.45, 2.75) is 13.8 Å². The predicted octanol–water partition coefficient (Wildman–Crippen LogP) is 2.59. The summed E-state index contributed by atoms with van der Waals surface area (Å²) in [5, 5.41) is 2.39. The molecule has 1 aliphatic heterocycles. The van der Waals surface area contributed by atoms with E-state index >= 15 is 0 Å². The molecule has 0 spiro atoms. The zero-order valence-corrected chi connectivity index (χ0v) is 12.7. The number of rotatable bonds is 2. The number of nitrogens with zero attached hydrogens (tertiary/aromatic N) is 1. The summed E-state index contributed by atoms with van der Waals surface area (Å²) in [6, 6.07) is 0. The van der Waals surface area contributed by atoms with Crippen LogP contribution in [0.15, 0.2) is 5.38 Å². The molecule has 0 saturated carbocycles. The quantitative estimate of drug-likeness (QED) is 0.789. The van der Waals surface area contributed by atoms with Gasteiger partial charge in [0.15, 0.2) is 0 Å². The minimum absolute atomic E-state index is 0.0960. The number of hydrogen-bond acceptors (Lipinski definition) is 4. The van der Waals surface area contributed by atoms with Crippen molar-refractivity contribution in [2.75, 3.05) is 20.2 Å². The van der Waals surface area contributed by atoms with Crippen molar-refractivity contribution in [1.82, 2.24) is 4.90 Å². The molecule has 6 heteroatoms. The van der Waals surface area contributed by atoms with Gasteiger partial charge in [0, 0.05) is 13.1 Å². The lowest BCUT2D eigenvalue weighted by Crippen LogP contribution is -2.29. The number of methoxy groups -OCH3 is 1. The van der Waals surface area contributed by atoms with Crippen LogP contribution in [0.2, 0.25) is 5.02 Å². The molecule has 1 aliphatic rings. The molecular formula is C13H16ClNO3S. The normalized spacial score (nSPS) is 22.6. The fraction of sp³-hybridized carbons (Fsp3) is 0.538. The number of hydrogen-bond donors (Lipinski definition) is 0. The molecule has 104 valence electrons. The Bertz CT molecular complexity index is 514. The Balaban J connectivity index is 2.14. The second-order valence-electron chi connectivity index (χ2n) is 4.88. The van der Waals surface area contributed by atoms with E-state index in [-0.39, 0.29) is 23.7 Å². The van der Waals surface area contributed by atoms with Gasteiger partial charge in [0.05, 0.1) is 18.1 Å². The molecule has 2 rings (SSSR count). The molecule has 2 atom stereocenters. The number of halogens is 1. The van der Waals surface area contributed by atoms with Crippen LogP contribution in [0.25, 0.3) is 0 Å². The minimum atomic E-state index is -0.253. The van der Waals surface area contributed by atoms with Crippen LogP contribution in [-0.4, -0.2) is 37.0 Å². The van der Waals surface area contributed by atoms with E-state index < -0.39 is 0 Å². The largest absolute Gasteiger partial charge is 0.469 e. The Morgan fingerprint density at radius 1 is 1.47 bits per heavy atom. The third-order valence-electron chi connectivity index (χ3n) is 3.50. The van der Waals surface area contributed by atoms with Gasteiger partial charge in [-0.25, -0.2) is 0 Å². The summed E-state index contributed by atoms with van der Waals surface area (Å²) in [5.74, 6) is -0.484. The van der Waals surface area contributed by atoms with Crippen LogP contribution in [0.5, 0.6) is 0 Å². The molecule has 0 radical (unpaired) electrons. The maximum Gasteiger partial charge on any atom is 0.310 e. The summed E-state index contributed by atoms with van der Waals surface area (Å²) in [7, 11) is 1.37. The third-order valence-corrected chi connectivity index (χ3v) is 5.18. The molecular weight excluding hydrogens is 286 g/mol. The Kier molecular flexibility index (Phi) is 4.16. The van der Waals surface area contributed by atoms with Crippen LogP contribution in [-0.2, 0) is 9.53 Å². The molecule has 2 unspecified atom stereocenters. The number of carbonyl (C=O) groups excluding carboxylic acids is 2. The molecule has 1 aromatic rings. The number of amides is 1. The summed E-state index contributed by atoms with van der Waals surface area (Å²) in [6.07, 6.45) is 0. The van der Waals surface area contributed by atoms with Crippen molar-refractivity contribution in [3.8, 4) is 0 Å². The van der Waals surface area contributed by atoms with Gasteiger partial charge in [0.1, 0.15) is 4.88 Å². The Labute approximate surface area is 121 Å². The van der Waals surface area contributed by atoms with Crippen molar-refractivity contribution in [2.24, 2.45) is 11.8 Å². The molecule has 1 aromatic heterocycles. The summed E-state index contributed by atoms with van der Waals surface area (Å²) in [5.41, 5.74) is 0.909. The van der Waals surface area contributed by atoms with Crippen molar-refractivity contribution >= 4 is 34.8 Å². The summed E-state index contributed by atoms with van der Waals surface area (Å²) < 4.78 is 4.77. The van der Waals surface area contributed by atoms with E-state index in [1.807, 2.05) is 19.2 Å². The molecule has 0 N–H and O–H groups in total. The molecule has 1 fully saturated rings. The zero-order valence-electron chi connectivity index (χ0n) is 11.1. The van der Waals surface area contributed by atoms with Gasteiger partial charge in [-0.3, -0.25) is 9.59 Å². The Morgan fingerprint density at radius 2 is 2.16 bits per heavy atom. The first-order chi connectivity index (χ1) is 8.95. The van der Waals surface area contributed by atoms with Crippen LogP contribution in [0.4, 0.5) is 0 Å². The monoisotopic (exact) mass is 301 g/mol. The van der Waals surface area contributed by atoms with Crippen LogP contribution in [0, 0.1) is 18.8 Å². The van der Waals surface area contributed by atoms with E-state index in [1.165, 1.54) is 18.4 Å². The number of thiophene rings is 1. The standard InChI is InChI=1S/C13H16ClNO3S/c1-7-4-15(5-9(7)13(17)18-3)12(16)11-10(14)8(2)6-19-11/h6-7,9H,4-5H2,1-3H3. The number of aryl methyl sites for hydroxylation is 1. The number of ether oxygens (including phenoxy) is 1. The second-order valence-corrected chi connectivity index (χ2v) is 6.14. The molecule has 0 aliphatic carbocycles. The lowest BCUT2D eigenvalue weighted by Gasteiger charge is -2.15. The van der Waals surface area contributed by atoms with Crippen molar-refractivity contribution in [3.05, 3.63) is 20.8 Å². The number of carbonyl (C=O) groups is 2. The van der Waals surface area contributed by atoms with Gasteiger partial charge < -0.3 is 9.64 Å². The number of likely N-dealkylation sites (tertiary alicyclic amines) is 1. The molecule has 1 amide bonds. The van der Waals surface area contributed by atoms with E-state index in [9.17, 15) is 9.59 Å². The highest BCUT2D eigenvalue weighted by Crippen LogP contribution is 2.31. The maximum absolute atomic E-state index is 12.4. The average Bonchev–Trinajstić information content (AvgIpc) is 2.93. The van der Waals surface area contributed by atoms with Crippen LogP contribution in [0.1, 0.15) is 22.2 Å². The highest BCUT2D eigenvalue weighted by atomic mass is 35.5. The van der Waals surface area contributed by atoms with Gasteiger partial charge in [-0.05, 0) is 23.8 Å². The van der Waals surface area contributed by atoms with Crippen molar-refractivity contribution in [1.29, 1.82) is 0 Å². The molecule has 1 saturated heterocycles. The van der Waals surface area contributed by atoms with Crippen molar-refractivity contribution in [3.63, 3.8) is 0 Å². The molecule has 19 heavy (non-hydrogen) atoms. The van der Waals surface area contributed by atoms with E-state index in [0.717, 1.165) is 5.56 Å². The van der Waals surface area contributed by atoms with Crippen LogP contribution < -0.4 is 0 Å². The summed E-state index contributed by atoms with van der Waals surface area (Å²) in [6.45, 7) is 4.79. The molecule has 2 heterocycles. The Morgan fingerprint density at radius 3 is 2.68 bits per heavy atom. The summed E-state index contributed by atoms with van der Waals surface area (Å²) >= 11 is 7.46. The SMILES string of the molecule is COC(=O)C1CN(C(=O)c2scc(C)c2Cl)CC1C. The van der Waals surface area contributed by atoms with Gasteiger partial charge in [-0.2, -0.15) is 0 Å². The lowest BCUT2D eigenvalue weighted by atomic mass is 9.99. The van der Waals surface area contributed by atoms with Crippen molar-refractivity contribution < 1.29 is 14.3 Å². The first kappa shape index (κ1) is 14.3. The molecule has 0 bridgehead atoms. The van der Waals surface area contributed by atoms with E-state index in [0.29, 0.717) is 23.0 Å². The summed E-state index contributed by atoms with van der Waals surface area (Å²) in [4.78, 5) is 26.2. The van der Waals surface area contributed by atoms with Gasteiger partial charge in [-0.15, -0.1) is 11.3 Å². The molecule has 4 nitrogen and oxygen atoms in total. The number of esters is 1. The smallest absolute Gasteiger partial charge is 0.310 e. The van der Waals surface area contributed by atoms with Crippen LogP contribution >= 0.6 is 22.9 Å². The first-order valence-electron chi connectivity index (χ1n) is 6.06. The first-order valence-corrected chi connectivity index (χ1v) is 7.32. The molecule has 0 aromatic carbocycles. The average molecular weight is 302 g/mol. The maximum atomic E-state index is 12.4. The fourth-order valence-electron chi connectivity index (χ4n) is 2.31. The van der Waals surface area contributed by atoms with Gasteiger partial charge in [0.2, 0.25) is 0 Å². The second kappa shape index (κ2) is 5.51. The third kappa shape index (κ3) is 2.62. The zero-order chi connectivity index (χ0) is 14.2. The highest BCUT2D eigenvalue weighted by Gasteiger charge is 2.38. The predicted molar refractivity (Wildman–Crippen MR) is 74.6 cm³/mol. The van der Waals surface area contributed by atoms with Gasteiger partial charge in [-0.1, -0.05) is 18.5 Å². The highest BCUT2D eigenvalue weighted by molar-refractivity contribution is 7.13. The van der Waals surface area contributed by atoms with Gasteiger partial charge >= 0.3 is 5.97 Å². The topological polar surface area (TPSA) is 46.6 Å². The van der Waals surface area contributed by atoms with E-state index in [1.54, 1.807) is 4.90 Å². The van der Waals surface area contributed by atoms with Gasteiger partial charge in [0.25, 0.3) is 5.91 Å². The lowest BCUT2D eigenvalue weighted by molar-refractivity contribution is -0.145.